The normalized spacial score (nSPS) is 10.9. The van der Waals surface area contributed by atoms with E-state index in [2.05, 4.69) is 5.32 Å². The number of rotatable bonds is 6. The number of hydrogen-bond donors (Lipinski definition) is 2. The van der Waals surface area contributed by atoms with Crippen molar-refractivity contribution in [2.24, 2.45) is 0 Å². The zero-order valence-corrected chi connectivity index (χ0v) is 16.2. The third-order valence-electron chi connectivity index (χ3n) is 3.83. The van der Waals surface area contributed by atoms with E-state index in [0.29, 0.717) is 11.5 Å². The zero-order valence-electron chi connectivity index (χ0n) is 16.2. The van der Waals surface area contributed by atoms with Crippen molar-refractivity contribution in [1.82, 2.24) is 4.90 Å². The van der Waals surface area contributed by atoms with E-state index in [1.165, 1.54) is 19.2 Å². The lowest BCUT2D eigenvalue weighted by atomic mass is 10.1. The van der Waals surface area contributed by atoms with Crippen molar-refractivity contribution >= 4 is 17.7 Å². The van der Waals surface area contributed by atoms with Crippen molar-refractivity contribution in [3.8, 4) is 17.2 Å². The standard InChI is InChI=1S/C20H23FN2O5/c1-20(2,3)23(19(25)26)12-18(24)22-16-10-13(21)8-9-17(16)28-15-7-5-6-14(11-15)27-4/h5-11H,12H2,1-4H3,(H,22,24)(H,25,26). The van der Waals surface area contributed by atoms with Gasteiger partial charge in [-0.1, -0.05) is 6.07 Å². The van der Waals surface area contributed by atoms with E-state index in [1.54, 1.807) is 45.0 Å². The van der Waals surface area contributed by atoms with Gasteiger partial charge in [0.15, 0.2) is 5.75 Å². The lowest BCUT2D eigenvalue weighted by molar-refractivity contribution is -0.118. The Bertz CT molecular complexity index is 864. The Morgan fingerprint density at radius 2 is 1.82 bits per heavy atom. The second-order valence-electron chi connectivity index (χ2n) is 7.01. The number of carbonyl (C=O) groups is 2. The van der Waals surface area contributed by atoms with Crippen molar-refractivity contribution in [2.45, 2.75) is 26.3 Å². The average Bonchev–Trinajstić information content (AvgIpc) is 2.61. The molecular formula is C20H23FN2O5. The number of benzene rings is 2. The minimum Gasteiger partial charge on any atom is -0.497 e. The van der Waals surface area contributed by atoms with Gasteiger partial charge in [0, 0.05) is 17.7 Å². The van der Waals surface area contributed by atoms with Crippen LogP contribution in [-0.4, -0.2) is 41.2 Å². The molecule has 0 saturated carbocycles. The van der Waals surface area contributed by atoms with Crippen LogP contribution in [-0.2, 0) is 4.79 Å². The maximum absolute atomic E-state index is 13.7. The van der Waals surface area contributed by atoms with Gasteiger partial charge in [0.25, 0.3) is 0 Å². The molecule has 2 amide bonds. The number of carboxylic acid groups (broad SMARTS) is 1. The lowest BCUT2D eigenvalue weighted by Crippen LogP contribution is -2.48. The fourth-order valence-corrected chi connectivity index (χ4v) is 2.41. The van der Waals surface area contributed by atoms with E-state index in [0.717, 1.165) is 11.0 Å². The predicted octanol–water partition coefficient (Wildman–Crippen LogP) is 4.34. The van der Waals surface area contributed by atoms with Crippen LogP contribution in [0.15, 0.2) is 42.5 Å². The highest BCUT2D eigenvalue weighted by Crippen LogP contribution is 2.32. The highest BCUT2D eigenvalue weighted by molar-refractivity contribution is 5.95. The summed E-state index contributed by atoms with van der Waals surface area (Å²) in [5, 5.41) is 11.8. The summed E-state index contributed by atoms with van der Waals surface area (Å²) < 4.78 is 24.6. The maximum Gasteiger partial charge on any atom is 0.408 e. The fourth-order valence-electron chi connectivity index (χ4n) is 2.41. The quantitative estimate of drug-likeness (QED) is 0.766. The molecule has 0 aliphatic heterocycles. The van der Waals surface area contributed by atoms with Crippen LogP contribution in [0.4, 0.5) is 14.9 Å². The molecule has 7 nitrogen and oxygen atoms in total. The molecule has 2 rings (SSSR count). The minimum absolute atomic E-state index is 0.0899. The highest BCUT2D eigenvalue weighted by Gasteiger charge is 2.28. The first-order valence-corrected chi connectivity index (χ1v) is 8.52. The molecule has 0 unspecified atom stereocenters. The number of methoxy groups -OCH3 is 1. The molecule has 150 valence electrons. The van der Waals surface area contributed by atoms with Crippen molar-refractivity contribution in [3.05, 3.63) is 48.3 Å². The first-order valence-electron chi connectivity index (χ1n) is 8.52. The summed E-state index contributed by atoms with van der Waals surface area (Å²) in [7, 11) is 1.52. The van der Waals surface area contributed by atoms with Crippen molar-refractivity contribution < 1.29 is 28.6 Å². The van der Waals surface area contributed by atoms with Crippen LogP contribution in [0.5, 0.6) is 17.2 Å². The van der Waals surface area contributed by atoms with Gasteiger partial charge >= 0.3 is 6.09 Å². The largest absolute Gasteiger partial charge is 0.497 e. The van der Waals surface area contributed by atoms with Crippen LogP contribution in [0.3, 0.4) is 0 Å². The molecule has 0 spiro atoms. The Labute approximate surface area is 162 Å². The molecule has 28 heavy (non-hydrogen) atoms. The second-order valence-corrected chi connectivity index (χ2v) is 7.01. The molecule has 2 N–H and O–H groups in total. The van der Waals surface area contributed by atoms with Crippen LogP contribution in [0.2, 0.25) is 0 Å². The van der Waals surface area contributed by atoms with Gasteiger partial charge in [-0.15, -0.1) is 0 Å². The number of halogens is 1. The van der Waals surface area contributed by atoms with Crippen LogP contribution in [0, 0.1) is 5.82 Å². The van der Waals surface area contributed by atoms with E-state index in [-0.39, 0.29) is 11.4 Å². The van der Waals surface area contributed by atoms with Gasteiger partial charge in [-0.05, 0) is 45.0 Å². The summed E-state index contributed by atoms with van der Waals surface area (Å²) in [5.41, 5.74) is -0.683. The lowest BCUT2D eigenvalue weighted by Gasteiger charge is -2.32. The molecule has 2 aromatic carbocycles. The van der Waals surface area contributed by atoms with Crippen LogP contribution in [0.25, 0.3) is 0 Å². The molecule has 2 aromatic rings. The summed E-state index contributed by atoms with van der Waals surface area (Å²) in [6.45, 7) is 4.61. The van der Waals surface area contributed by atoms with E-state index >= 15 is 0 Å². The smallest absolute Gasteiger partial charge is 0.408 e. The minimum atomic E-state index is -1.23. The van der Waals surface area contributed by atoms with Gasteiger partial charge in [0.05, 0.1) is 12.8 Å². The van der Waals surface area contributed by atoms with E-state index < -0.39 is 29.9 Å². The molecule has 0 aliphatic rings. The second kappa shape index (κ2) is 8.60. The van der Waals surface area contributed by atoms with Gasteiger partial charge in [0.1, 0.15) is 23.9 Å². The SMILES string of the molecule is COc1cccc(Oc2ccc(F)cc2NC(=O)CN(C(=O)O)C(C)(C)C)c1. The predicted molar refractivity (Wildman–Crippen MR) is 103 cm³/mol. The Hall–Kier alpha value is -3.29. The monoisotopic (exact) mass is 390 g/mol. The number of nitrogens with zero attached hydrogens (tertiary/aromatic N) is 1. The topological polar surface area (TPSA) is 88.1 Å². The Balaban J connectivity index is 2.22. The summed E-state index contributed by atoms with van der Waals surface area (Å²) >= 11 is 0. The van der Waals surface area contributed by atoms with Crippen molar-refractivity contribution in [1.29, 1.82) is 0 Å². The van der Waals surface area contributed by atoms with Crippen molar-refractivity contribution in [2.75, 3.05) is 19.0 Å². The fraction of sp³-hybridized carbons (Fsp3) is 0.300. The molecule has 0 aliphatic carbocycles. The van der Waals surface area contributed by atoms with Crippen LogP contribution >= 0.6 is 0 Å². The van der Waals surface area contributed by atoms with Gasteiger partial charge in [0.2, 0.25) is 5.91 Å². The number of ether oxygens (including phenoxy) is 2. The molecule has 0 bridgehead atoms. The maximum atomic E-state index is 13.7. The molecular weight excluding hydrogens is 367 g/mol. The molecule has 8 heteroatoms. The summed E-state index contributed by atoms with van der Waals surface area (Å²) in [6.07, 6.45) is -1.23. The Kier molecular flexibility index (Phi) is 6.45. The highest BCUT2D eigenvalue weighted by atomic mass is 19.1. The number of hydrogen-bond acceptors (Lipinski definition) is 4. The number of nitrogens with one attached hydrogen (secondary N) is 1. The van der Waals surface area contributed by atoms with Gasteiger partial charge < -0.3 is 19.9 Å². The summed E-state index contributed by atoms with van der Waals surface area (Å²) in [5.74, 6) is 0.0362. The van der Waals surface area contributed by atoms with E-state index in [1.807, 2.05) is 0 Å². The summed E-state index contributed by atoms with van der Waals surface area (Å²) in [4.78, 5) is 24.8. The molecule has 0 saturated heterocycles. The molecule has 0 radical (unpaired) electrons. The average molecular weight is 390 g/mol. The van der Waals surface area contributed by atoms with E-state index in [9.17, 15) is 19.1 Å². The van der Waals surface area contributed by atoms with Crippen molar-refractivity contribution in [3.63, 3.8) is 0 Å². The third-order valence-corrected chi connectivity index (χ3v) is 3.83. The van der Waals surface area contributed by atoms with Gasteiger partial charge in [-0.25, -0.2) is 9.18 Å². The first kappa shape index (κ1) is 21.0. The zero-order chi connectivity index (χ0) is 20.9. The van der Waals surface area contributed by atoms with Crippen LogP contribution in [0.1, 0.15) is 20.8 Å². The molecule has 0 aromatic heterocycles. The molecule has 0 atom stereocenters. The molecule has 0 heterocycles. The van der Waals surface area contributed by atoms with E-state index in [4.69, 9.17) is 9.47 Å². The first-order chi connectivity index (χ1) is 13.1. The molecule has 0 fully saturated rings. The Morgan fingerprint density at radius 1 is 1.14 bits per heavy atom. The Morgan fingerprint density at radius 3 is 2.43 bits per heavy atom. The van der Waals surface area contributed by atoms with Gasteiger partial charge in [-0.3, -0.25) is 9.69 Å². The summed E-state index contributed by atoms with van der Waals surface area (Å²) in [6, 6.07) is 10.5. The number of carbonyl (C=O) groups excluding carboxylic acids is 1. The third kappa shape index (κ3) is 5.60. The van der Waals surface area contributed by atoms with Crippen LogP contribution < -0.4 is 14.8 Å². The number of amides is 2. The van der Waals surface area contributed by atoms with Gasteiger partial charge in [-0.2, -0.15) is 0 Å². The number of anilines is 1.